The summed E-state index contributed by atoms with van der Waals surface area (Å²) in [5.74, 6) is 2.37. The van der Waals surface area contributed by atoms with Gasteiger partial charge in [0.2, 0.25) is 0 Å². The van der Waals surface area contributed by atoms with Gasteiger partial charge in [0.25, 0.3) is 0 Å². The predicted molar refractivity (Wildman–Crippen MR) is 128 cm³/mol. The van der Waals surface area contributed by atoms with Gasteiger partial charge in [-0.1, -0.05) is 40.2 Å². The summed E-state index contributed by atoms with van der Waals surface area (Å²) < 4.78 is 17.5. The largest absolute Gasteiger partial charge is 0.494 e. The SMILES string of the molecule is CCCOc1ccc(C(=O)C=Cc2cc(OCCC)cc(OCCC)c2CCC)cc1. The third-order valence-electron chi connectivity index (χ3n) is 4.68. The zero-order valence-corrected chi connectivity index (χ0v) is 19.4. The van der Waals surface area contributed by atoms with Gasteiger partial charge in [0.05, 0.1) is 19.8 Å². The summed E-state index contributed by atoms with van der Waals surface area (Å²) in [6.07, 6.45) is 8.21. The molecule has 0 unspecified atom stereocenters. The van der Waals surface area contributed by atoms with Crippen LogP contribution in [-0.4, -0.2) is 25.6 Å². The van der Waals surface area contributed by atoms with Gasteiger partial charge in [-0.05, 0) is 67.7 Å². The van der Waals surface area contributed by atoms with Crippen molar-refractivity contribution in [3.63, 3.8) is 0 Å². The molecular weight excluding hydrogens is 388 g/mol. The third-order valence-corrected chi connectivity index (χ3v) is 4.68. The molecule has 0 aliphatic carbocycles. The van der Waals surface area contributed by atoms with Crippen LogP contribution in [0.2, 0.25) is 0 Å². The van der Waals surface area contributed by atoms with Crippen LogP contribution in [0.4, 0.5) is 0 Å². The van der Waals surface area contributed by atoms with Crippen LogP contribution in [0.3, 0.4) is 0 Å². The van der Waals surface area contributed by atoms with Crippen LogP contribution < -0.4 is 14.2 Å². The van der Waals surface area contributed by atoms with Crippen molar-refractivity contribution in [3.05, 3.63) is 59.2 Å². The number of ketones is 1. The standard InChI is InChI=1S/C27H36O4/c1-5-9-25-22(19-24(30-17-7-3)20-27(25)31-18-8-4)12-15-26(28)21-10-13-23(14-11-21)29-16-6-2/h10-15,19-20H,5-9,16-18H2,1-4H3. The van der Waals surface area contributed by atoms with Gasteiger partial charge in [-0.25, -0.2) is 0 Å². The van der Waals surface area contributed by atoms with E-state index in [-0.39, 0.29) is 5.78 Å². The minimum absolute atomic E-state index is 0.0413. The summed E-state index contributed by atoms with van der Waals surface area (Å²) in [5.41, 5.74) is 2.72. The highest BCUT2D eigenvalue weighted by Crippen LogP contribution is 2.32. The van der Waals surface area contributed by atoms with Gasteiger partial charge in [-0.15, -0.1) is 0 Å². The first-order chi connectivity index (χ1) is 15.1. The summed E-state index contributed by atoms with van der Waals surface area (Å²) in [6.45, 7) is 10.4. The second kappa shape index (κ2) is 13.5. The zero-order valence-electron chi connectivity index (χ0n) is 19.4. The minimum Gasteiger partial charge on any atom is -0.494 e. The number of hydrogen-bond donors (Lipinski definition) is 0. The average molecular weight is 425 g/mol. The maximum atomic E-state index is 12.7. The lowest BCUT2D eigenvalue weighted by Gasteiger charge is -2.16. The molecule has 31 heavy (non-hydrogen) atoms. The van der Waals surface area contributed by atoms with Crippen molar-refractivity contribution in [1.29, 1.82) is 0 Å². The summed E-state index contributed by atoms with van der Waals surface area (Å²) in [7, 11) is 0. The van der Waals surface area contributed by atoms with Crippen molar-refractivity contribution in [2.24, 2.45) is 0 Å². The lowest BCUT2D eigenvalue weighted by molar-refractivity contribution is 0.104. The van der Waals surface area contributed by atoms with E-state index >= 15 is 0 Å². The Morgan fingerprint density at radius 2 is 1.39 bits per heavy atom. The quantitative estimate of drug-likeness (QED) is 0.244. The molecule has 0 radical (unpaired) electrons. The van der Waals surface area contributed by atoms with Gasteiger partial charge in [0.1, 0.15) is 17.2 Å². The fourth-order valence-electron chi connectivity index (χ4n) is 3.15. The first-order valence-corrected chi connectivity index (χ1v) is 11.5. The Bertz CT molecular complexity index is 837. The van der Waals surface area contributed by atoms with Gasteiger partial charge < -0.3 is 14.2 Å². The molecule has 0 amide bonds. The predicted octanol–water partition coefficient (Wildman–Crippen LogP) is 6.90. The Morgan fingerprint density at radius 1 is 0.774 bits per heavy atom. The Morgan fingerprint density at radius 3 is 2.00 bits per heavy atom. The molecule has 0 saturated carbocycles. The van der Waals surface area contributed by atoms with Crippen LogP contribution >= 0.6 is 0 Å². The van der Waals surface area contributed by atoms with E-state index in [1.165, 1.54) is 0 Å². The van der Waals surface area contributed by atoms with Crippen LogP contribution in [0.5, 0.6) is 17.2 Å². The van der Waals surface area contributed by atoms with E-state index in [1.54, 1.807) is 18.2 Å². The molecule has 0 spiro atoms. The van der Waals surface area contributed by atoms with E-state index in [1.807, 2.05) is 30.3 Å². The fraction of sp³-hybridized carbons (Fsp3) is 0.444. The number of allylic oxidation sites excluding steroid dienone is 1. The smallest absolute Gasteiger partial charge is 0.185 e. The van der Waals surface area contributed by atoms with E-state index < -0.39 is 0 Å². The van der Waals surface area contributed by atoms with Crippen molar-refractivity contribution >= 4 is 11.9 Å². The summed E-state index contributed by atoms with van der Waals surface area (Å²) in [6, 6.07) is 11.3. The van der Waals surface area contributed by atoms with Crippen LogP contribution in [0.25, 0.3) is 6.08 Å². The van der Waals surface area contributed by atoms with Crippen molar-refractivity contribution in [2.45, 2.75) is 59.8 Å². The Kier molecular flexibility index (Phi) is 10.7. The van der Waals surface area contributed by atoms with Crippen LogP contribution in [-0.2, 0) is 6.42 Å². The highest BCUT2D eigenvalue weighted by atomic mass is 16.5. The van der Waals surface area contributed by atoms with Crippen LogP contribution in [0.1, 0.15) is 74.9 Å². The number of ether oxygens (including phenoxy) is 3. The van der Waals surface area contributed by atoms with Crippen molar-refractivity contribution in [2.75, 3.05) is 19.8 Å². The van der Waals surface area contributed by atoms with Gasteiger partial charge in [-0.2, -0.15) is 0 Å². The molecule has 0 saturated heterocycles. The Hall–Kier alpha value is -2.75. The molecule has 0 bridgehead atoms. The molecule has 0 aliphatic rings. The highest BCUT2D eigenvalue weighted by molar-refractivity contribution is 6.07. The third kappa shape index (κ3) is 7.78. The van der Waals surface area contributed by atoms with Gasteiger partial charge in [0, 0.05) is 17.2 Å². The van der Waals surface area contributed by atoms with E-state index in [9.17, 15) is 4.79 Å². The zero-order chi connectivity index (χ0) is 22.5. The first kappa shape index (κ1) is 24.5. The average Bonchev–Trinajstić information content (AvgIpc) is 2.80. The Labute approximate surface area is 187 Å². The molecule has 2 rings (SSSR count). The summed E-state index contributed by atoms with van der Waals surface area (Å²) in [5, 5.41) is 0. The number of carbonyl (C=O) groups is 1. The molecule has 2 aromatic carbocycles. The van der Waals surface area contributed by atoms with E-state index in [0.717, 1.165) is 60.5 Å². The molecule has 168 valence electrons. The molecule has 0 N–H and O–H groups in total. The number of carbonyl (C=O) groups excluding carboxylic acids is 1. The highest BCUT2D eigenvalue weighted by Gasteiger charge is 2.12. The molecular formula is C27H36O4. The lowest BCUT2D eigenvalue weighted by Crippen LogP contribution is -2.03. The van der Waals surface area contributed by atoms with Gasteiger partial charge in [0.15, 0.2) is 5.78 Å². The second-order valence-corrected chi connectivity index (χ2v) is 7.51. The van der Waals surface area contributed by atoms with Crippen LogP contribution in [0, 0.1) is 0 Å². The van der Waals surface area contributed by atoms with Crippen molar-refractivity contribution in [3.8, 4) is 17.2 Å². The molecule has 0 aromatic heterocycles. The first-order valence-electron chi connectivity index (χ1n) is 11.5. The molecule has 0 fully saturated rings. The normalized spacial score (nSPS) is 11.0. The molecule has 0 atom stereocenters. The van der Waals surface area contributed by atoms with E-state index in [2.05, 4.69) is 27.7 Å². The maximum absolute atomic E-state index is 12.7. The molecule has 0 heterocycles. The summed E-state index contributed by atoms with van der Waals surface area (Å²) >= 11 is 0. The maximum Gasteiger partial charge on any atom is 0.185 e. The molecule has 4 heteroatoms. The second-order valence-electron chi connectivity index (χ2n) is 7.51. The van der Waals surface area contributed by atoms with Crippen molar-refractivity contribution < 1.29 is 19.0 Å². The summed E-state index contributed by atoms with van der Waals surface area (Å²) in [4.78, 5) is 12.7. The monoisotopic (exact) mass is 424 g/mol. The lowest BCUT2D eigenvalue weighted by atomic mass is 10.00. The van der Waals surface area contributed by atoms with Crippen LogP contribution in [0.15, 0.2) is 42.5 Å². The fourth-order valence-corrected chi connectivity index (χ4v) is 3.15. The molecule has 4 nitrogen and oxygen atoms in total. The molecule has 2 aromatic rings. The number of rotatable bonds is 14. The number of hydrogen-bond acceptors (Lipinski definition) is 4. The van der Waals surface area contributed by atoms with E-state index in [0.29, 0.717) is 25.4 Å². The van der Waals surface area contributed by atoms with E-state index in [4.69, 9.17) is 14.2 Å². The van der Waals surface area contributed by atoms with Gasteiger partial charge >= 0.3 is 0 Å². The Balaban J connectivity index is 2.28. The van der Waals surface area contributed by atoms with Crippen molar-refractivity contribution in [1.82, 2.24) is 0 Å². The molecule has 0 aliphatic heterocycles. The topological polar surface area (TPSA) is 44.8 Å². The minimum atomic E-state index is -0.0413. The van der Waals surface area contributed by atoms with Gasteiger partial charge in [-0.3, -0.25) is 4.79 Å². The number of benzene rings is 2.